The van der Waals surface area contributed by atoms with Crippen LogP contribution in [0.2, 0.25) is 0 Å². The highest BCUT2D eigenvalue weighted by molar-refractivity contribution is 6.03. The van der Waals surface area contributed by atoms with Crippen molar-refractivity contribution in [2.45, 2.75) is 13.8 Å². The Kier molecular flexibility index (Phi) is 3.26. The van der Waals surface area contributed by atoms with Gasteiger partial charge in [-0.15, -0.1) is 0 Å². The molecule has 3 heteroatoms. The van der Waals surface area contributed by atoms with Crippen molar-refractivity contribution < 1.29 is 9.53 Å². The van der Waals surface area contributed by atoms with E-state index in [0.29, 0.717) is 5.76 Å². The van der Waals surface area contributed by atoms with Gasteiger partial charge in [-0.25, -0.2) is 4.79 Å². The number of carbonyl (C=O) groups is 1. The van der Waals surface area contributed by atoms with Crippen molar-refractivity contribution >= 4 is 23.1 Å². The van der Waals surface area contributed by atoms with Gasteiger partial charge in [0.15, 0.2) is 0 Å². The minimum atomic E-state index is -0.350. The van der Waals surface area contributed by atoms with E-state index in [1.54, 1.807) is 7.05 Å². The Morgan fingerprint density at radius 2 is 1.81 bits per heavy atom. The monoisotopic (exact) mass is 279 g/mol. The normalized spacial score (nSPS) is 16.3. The van der Waals surface area contributed by atoms with Crippen LogP contribution < -0.4 is 4.90 Å². The lowest BCUT2D eigenvalue weighted by atomic mass is 9.99. The van der Waals surface area contributed by atoms with Crippen LogP contribution >= 0.6 is 0 Å². The number of rotatable bonds is 1. The van der Waals surface area contributed by atoms with E-state index in [1.165, 1.54) is 4.90 Å². The molecule has 0 aliphatic carbocycles. The number of nitrogens with zero attached hydrogens (tertiary/aromatic N) is 1. The van der Waals surface area contributed by atoms with Crippen LogP contribution in [-0.2, 0) is 4.74 Å². The van der Waals surface area contributed by atoms with Gasteiger partial charge in [-0.3, -0.25) is 4.90 Å². The van der Waals surface area contributed by atoms with Crippen molar-refractivity contribution in [1.29, 1.82) is 0 Å². The number of hydrogen-bond acceptors (Lipinski definition) is 2. The summed E-state index contributed by atoms with van der Waals surface area (Å²) >= 11 is 0. The van der Waals surface area contributed by atoms with E-state index in [4.69, 9.17) is 4.74 Å². The number of amides is 1. The fraction of sp³-hybridized carbons (Fsp3) is 0.167. The Bertz CT molecular complexity index is 732. The summed E-state index contributed by atoms with van der Waals surface area (Å²) in [6.45, 7) is 4.02. The molecule has 0 saturated carbocycles. The van der Waals surface area contributed by atoms with Crippen LogP contribution in [0.25, 0.3) is 11.3 Å². The molecule has 0 saturated heterocycles. The molecule has 3 nitrogen and oxygen atoms in total. The van der Waals surface area contributed by atoms with Gasteiger partial charge in [-0.1, -0.05) is 42.0 Å². The average molecular weight is 279 g/mol. The van der Waals surface area contributed by atoms with Crippen LogP contribution in [0, 0.1) is 6.92 Å². The Morgan fingerprint density at radius 3 is 2.52 bits per heavy atom. The number of hydrogen-bond donors (Lipinski definition) is 0. The van der Waals surface area contributed by atoms with Gasteiger partial charge in [0.25, 0.3) is 0 Å². The first-order valence-electron chi connectivity index (χ1n) is 6.91. The Balaban J connectivity index is 2.23. The predicted octanol–water partition coefficient (Wildman–Crippen LogP) is 4.47. The number of carbonyl (C=O) groups excluding carboxylic acids is 1. The number of aryl methyl sites for hydroxylation is 1. The van der Waals surface area contributed by atoms with Gasteiger partial charge in [0, 0.05) is 12.6 Å². The predicted molar refractivity (Wildman–Crippen MR) is 85.0 cm³/mol. The van der Waals surface area contributed by atoms with Crippen molar-refractivity contribution in [2.24, 2.45) is 0 Å². The molecule has 0 aromatic heterocycles. The highest BCUT2D eigenvalue weighted by Crippen LogP contribution is 2.38. The van der Waals surface area contributed by atoms with Crippen molar-refractivity contribution in [3.05, 3.63) is 65.2 Å². The molecule has 3 rings (SSSR count). The van der Waals surface area contributed by atoms with Crippen molar-refractivity contribution in [3.63, 3.8) is 0 Å². The zero-order chi connectivity index (χ0) is 15.0. The Morgan fingerprint density at radius 1 is 1.10 bits per heavy atom. The fourth-order valence-electron chi connectivity index (χ4n) is 2.53. The topological polar surface area (TPSA) is 29.5 Å². The lowest BCUT2D eigenvalue weighted by Crippen LogP contribution is -2.31. The first-order valence-corrected chi connectivity index (χ1v) is 6.91. The number of benzene rings is 2. The number of cyclic esters (lactones) is 1. The molecule has 0 atom stereocenters. The first kappa shape index (κ1) is 13.4. The zero-order valence-electron chi connectivity index (χ0n) is 12.4. The molecule has 0 fully saturated rings. The van der Waals surface area contributed by atoms with Crippen LogP contribution in [0.5, 0.6) is 0 Å². The van der Waals surface area contributed by atoms with E-state index in [1.807, 2.05) is 56.3 Å². The summed E-state index contributed by atoms with van der Waals surface area (Å²) in [6, 6.07) is 16.0. The van der Waals surface area contributed by atoms with E-state index < -0.39 is 0 Å². The second-order valence-electron chi connectivity index (χ2n) is 5.27. The molecule has 1 aliphatic rings. The summed E-state index contributed by atoms with van der Waals surface area (Å²) in [7, 11) is 1.73. The minimum Gasteiger partial charge on any atom is -0.409 e. The van der Waals surface area contributed by atoms with Gasteiger partial charge in [-0.05, 0) is 37.1 Å². The molecular formula is C18H17NO2. The van der Waals surface area contributed by atoms with Gasteiger partial charge in [-0.2, -0.15) is 0 Å². The van der Waals surface area contributed by atoms with E-state index in [9.17, 15) is 4.79 Å². The van der Waals surface area contributed by atoms with Gasteiger partial charge in [0.1, 0.15) is 5.76 Å². The number of fused-ring (bicyclic) bond motifs is 1. The molecule has 2 aromatic carbocycles. The molecule has 2 aromatic rings. The van der Waals surface area contributed by atoms with Crippen molar-refractivity contribution in [2.75, 3.05) is 11.9 Å². The Hall–Kier alpha value is -2.55. The molecule has 1 heterocycles. The number of ether oxygens (including phenoxy) is 1. The molecule has 0 N–H and O–H groups in total. The van der Waals surface area contributed by atoms with E-state index in [2.05, 4.69) is 6.07 Å². The second kappa shape index (κ2) is 5.09. The largest absolute Gasteiger partial charge is 0.419 e. The SMILES string of the molecule is C/C(=C1\OC(=O)N(C)c2ccc(C)cc21)c1ccccc1. The summed E-state index contributed by atoms with van der Waals surface area (Å²) in [5.74, 6) is 0.642. The van der Waals surface area contributed by atoms with Crippen LogP contribution in [-0.4, -0.2) is 13.1 Å². The molecule has 1 amide bonds. The maximum atomic E-state index is 12.1. The summed E-state index contributed by atoms with van der Waals surface area (Å²) in [6.07, 6.45) is -0.350. The first-order chi connectivity index (χ1) is 10.1. The van der Waals surface area contributed by atoms with Crippen LogP contribution in [0.15, 0.2) is 48.5 Å². The van der Waals surface area contributed by atoms with Crippen molar-refractivity contribution in [1.82, 2.24) is 0 Å². The standard InChI is InChI=1S/C18H17NO2/c1-12-9-10-16-15(11-12)17(21-18(20)19(16)3)13(2)14-7-5-4-6-8-14/h4-11H,1-3H3/b17-13+. The summed E-state index contributed by atoms with van der Waals surface area (Å²) < 4.78 is 5.56. The smallest absolute Gasteiger partial charge is 0.409 e. The third-order valence-corrected chi connectivity index (χ3v) is 3.77. The van der Waals surface area contributed by atoms with Crippen LogP contribution in [0.1, 0.15) is 23.6 Å². The summed E-state index contributed by atoms with van der Waals surface area (Å²) in [5.41, 5.74) is 4.99. The summed E-state index contributed by atoms with van der Waals surface area (Å²) in [5, 5.41) is 0. The maximum absolute atomic E-state index is 12.1. The zero-order valence-corrected chi connectivity index (χ0v) is 12.4. The minimum absolute atomic E-state index is 0.350. The maximum Gasteiger partial charge on any atom is 0.419 e. The molecule has 0 radical (unpaired) electrons. The Labute approximate surface area is 124 Å². The van der Waals surface area contributed by atoms with Crippen molar-refractivity contribution in [3.8, 4) is 0 Å². The van der Waals surface area contributed by atoms with Gasteiger partial charge >= 0.3 is 6.09 Å². The van der Waals surface area contributed by atoms with Gasteiger partial charge < -0.3 is 4.74 Å². The molecule has 0 bridgehead atoms. The summed E-state index contributed by atoms with van der Waals surface area (Å²) in [4.78, 5) is 13.6. The van der Waals surface area contributed by atoms with Gasteiger partial charge in [0.05, 0.1) is 5.69 Å². The second-order valence-corrected chi connectivity index (χ2v) is 5.27. The van der Waals surface area contributed by atoms with Gasteiger partial charge in [0.2, 0.25) is 0 Å². The molecule has 106 valence electrons. The van der Waals surface area contributed by atoms with E-state index in [-0.39, 0.29) is 6.09 Å². The lowest BCUT2D eigenvalue weighted by Gasteiger charge is -2.28. The molecule has 0 spiro atoms. The molecule has 0 unspecified atom stereocenters. The number of anilines is 1. The number of allylic oxidation sites excluding steroid dienone is 1. The lowest BCUT2D eigenvalue weighted by molar-refractivity contribution is 0.199. The average Bonchev–Trinajstić information content (AvgIpc) is 2.51. The van der Waals surface area contributed by atoms with Crippen LogP contribution in [0.4, 0.5) is 10.5 Å². The van der Waals surface area contributed by atoms with Crippen LogP contribution in [0.3, 0.4) is 0 Å². The molecule has 21 heavy (non-hydrogen) atoms. The molecular weight excluding hydrogens is 262 g/mol. The molecule has 1 aliphatic heterocycles. The van der Waals surface area contributed by atoms with E-state index in [0.717, 1.165) is 28.0 Å². The highest BCUT2D eigenvalue weighted by Gasteiger charge is 2.28. The quantitative estimate of drug-likeness (QED) is 0.770. The van der Waals surface area contributed by atoms with E-state index >= 15 is 0 Å². The fourth-order valence-corrected chi connectivity index (χ4v) is 2.53. The third kappa shape index (κ3) is 2.31. The third-order valence-electron chi connectivity index (χ3n) is 3.77. The highest BCUT2D eigenvalue weighted by atomic mass is 16.6.